The molecule has 0 saturated carbocycles. The molecule has 1 unspecified atom stereocenters. The summed E-state index contributed by atoms with van der Waals surface area (Å²) in [6, 6.07) is 10.5. The SMILES string of the molecule is COc1ccc2c(c1)nc1n2C(c2c(F)cccc2Cl)SC1. The molecule has 6 heteroatoms. The zero-order valence-corrected chi connectivity index (χ0v) is 13.3. The molecule has 2 heterocycles. The van der Waals surface area contributed by atoms with Gasteiger partial charge >= 0.3 is 0 Å². The number of benzene rings is 2. The van der Waals surface area contributed by atoms with Gasteiger partial charge in [0.05, 0.1) is 23.9 Å². The second kappa shape index (κ2) is 5.18. The highest BCUT2D eigenvalue weighted by atomic mass is 35.5. The van der Waals surface area contributed by atoms with E-state index in [2.05, 4.69) is 9.55 Å². The average Bonchev–Trinajstić information content (AvgIpc) is 3.06. The number of methoxy groups -OCH3 is 1. The number of rotatable bonds is 2. The molecule has 1 aliphatic heterocycles. The lowest BCUT2D eigenvalue weighted by molar-refractivity contribution is 0.415. The van der Waals surface area contributed by atoms with Crippen molar-refractivity contribution in [2.24, 2.45) is 0 Å². The van der Waals surface area contributed by atoms with Gasteiger partial charge in [0.1, 0.15) is 22.8 Å². The minimum Gasteiger partial charge on any atom is -0.497 e. The molecule has 0 amide bonds. The van der Waals surface area contributed by atoms with E-state index >= 15 is 0 Å². The predicted octanol–water partition coefficient (Wildman–Crippen LogP) is 4.63. The van der Waals surface area contributed by atoms with E-state index in [0.717, 1.165) is 28.4 Å². The van der Waals surface area contributed by atoms with Gasteiger partial charge in [0.15, 0.2) is 0 Å². The summed E-state index contributed by atoms with van der Waals surface area (Å²) in [5, 5.41) is 0.253. The molecule has 1 aromatic heterocycles. The Balaban J connectivity index is 1.92. The molecule has 2 aromatic carbocycles. The first-order valence-electron chi connectivity index (χ1n) is 6.79. The minimum absolute atomic E-state index is 0.193. The fourth-order valence-electron chi connectivity index (χ4n) is 2.81. The largest absolute Gasteiger partial charge is 0.497 e. The molecule has 0 spiro atoms. The van der Waals surface area contributed by atoms with Gasteiger partial charge < -0.3 is 9.30 Å². The average molecular weight is 335 g/mol. The molecule has 22 heavy (non-hydrogen) atoms. The van der Waals surface area contributed by atoms with Crippen molar-refractivity contribution in [1.29, 1.82) is 0 Å². The standard InChI is InChI=1S/C16H12ClFN2OS/c1-21-9-5-6-13-12(7-9)19-14-8-22-16(20(13)14)15-10(17)3-2-4-11(15)18/h2-7,16H,8H2,1H3. The van der Waals surface area contributed by atoms with E-state index in [1.54, 1.807) is 31.0 Å². The first kappa shape index (κ1) is 13.9. The van der Waals surface area contributed by atoms with Crippen LogP contribution in [0.5, 0.6) is 5.75 Å². The summed E-state index contributed by atoms with van der Waals surface area (Å²) in [4.78, 5) is 4.63. The number of thioether (sulfide) groups is 1. The topological polar surface area (TPSA) is 27.1 Å². The first-order chi connectivity index (χ1) is 10.7. The van der Waals surface area contributed by atoms with Crippen LogP contribution in [0.25, 0.3) is 11.0 Å². The number of fused-ring (bicyclic) bond motifs is 3. The zero-order chi connectivity index (χ0) is 15.3. The van der Waals surface area contributed by atoms with E-state index in [4.69, 9.17) is 16.3 Å². The van der Waals surface area contributed by atoms with Gasteiger partial charge in [-0.15, -0.1) is 11.8 Å². The van der Waals surface area contributed by atoms with E-state index in [9.17, 15) is 4.39 Å². The Morgan fingerprint density at radius 3 is 3.00 bits per heavy atom. The third-order valence-corrected chi connectivity index (χ3v) is 5.34. The molecule has 3 nitrogen and oxygen atoms in total. The van der Waals surface area contributed by atoms with Gasteiger partial charge in [-0.1, -0.05) is 17.7 Å². The van der Waals surface area contributed by atoms with Gasteiger partial charge in [-0.25, -0.2) is 9.37 Å². The van der Waals surface area contributed by atoms with E-state index < -0.39 is 0 Å². The van der Waals surface area contributed by atoms with Crippen molar-refractivity contribution in [3.8, 4) is 5.75 Å². The van der Waals surface area contributed by atoms with Gasteiger partial charge in [0.2, 0.25) is 0 Å². The molecular weight excluding hydrogens is 323 g/mol. The van der Waals surface area contributed by atoms with Crippen molar-refractivity contribution in [3.05, 3.63) is 58.6 Å². The molecule has 0 aliphatic carbocycles. The fraction of sp³-hybridized carbons (Fsp3) is 0.188. The van der Waals surface area contributed by atoms with Crippen molar-refractivity contribution in [2.45, 2.75) is 11.1 Å². The molecule has 112 valence electrons. The maximum Gasteiger partial charge on any atom is 0.130 e. The van der Waals surface area contributed by atoms with E-state index in [0.29, 0.717) is 10.6 Å². The van der Waals surface area contributed by atoms with Crippen LogP contribution in [-0.2, 0) is 5.75 Å². The Bertz CT molecular complexity index is 860. The quantitative estimate of drug-likeness (QED) is 0.683. The third-order valence-electron chi connectivity index (χ3n) is 3.82. The summed E-state index contributed by atoms with van der Waals surface area (Å²) >= 11 is 7.86. The number of aromatic nitrogens is 2. The van der Waals surface area contributed by atoms with Crippen LogP contribution >= 0.6 is 23.4 Å². The van der Waals surface area contributed by atoms with E-state index in [1.807, 2.05) is 18.2 Å². The van der Waals surface area contributed by atoms with Crippen molar-refractivity contribution >= 4 is 34.4 Å². The highest BCUT2D eigenvalue weighted by Crippen LogP contribution is 2.45. The molecule has 0 N–H and O–H groups in total. The number of hydrogen-bond acceptors (Lipinski definition) is 3. The van der Waals surface area contributed by atoms with Crippen LogP contribution in [0, 0.1) is 5.82 Å². The van der Waals surface area contributed by atoms with Crippen LogP contribution < -0.4 is 4.74 Å². The molecule has 1 atom stereocenters. The number of halogens is 2. The van der Waals surface area contributed by atoms with E-state index in [1.165, 1.54) is 6.07 Å². The van der Waals surface area contributed by atoms with Crippen LogP contribution in [0.1, 0.15) is 16.8 Å². The number of nitrogens with zero attached hydrogens (tertiary/aromatic N) is 2. The van der Waals surface area contributed by atoms with Crippen LogP contribution in [-0.4, -0.2) is 16.7 Å². The van der Waals surface area contributed by atoms with Crippen molar-refractivity contribution < 1.29 is 9.13 Å². The second-order valence-corrected chi connectivity index (χ2v) is 6.53. The molecule has 0 radical (unpaired) electrons. The number of imidazole rings is 1. The Hall–Kier alpha value is -1.72. The van der Waals surface area contributed by atoms with Crippen LogP contribution in [0.15, 0.2) is 36.4 Å². The maximum absolute atomic E-state index is 14.3. The van der Waals surface area contributed by atoms with Crippen LogP contribution in [0.3, 0.4) is 0 Å². The number of ether oxygens (including phenoxy) is 1. The fourth-order valence-corrected chi connectivity index (χ4v) is 4.44. The zero-order valence-electron chi connectivity index (χ0n) is 11.7. The number of hydrogen-bond donors (Lipinski definition) is 0. The van der Waals surface area contributed by atoms with Gasteiger partial charge in [-0.3, -0.25) is 0 Å². The molecule has 1 aliphatic rings. The summed E-state index contributed by atoms with van der Waals surface area (Å²) in [6.07, 6.45) is 0. The Kier molecular flexibility index (Phi) is 3.27. The molecule has 0 bridgehead atoms. The molecule has 3 aromatic rings. The summed E-state index contributed by atoms with van der Waals surface area (Å²) in [7, 11) is 1.63. The van der Waals surface area contributed by atoms with Crippen molar-refractivity contribution in [3.63, 3.8) is 0 Å². The third kappa shape index (κ3) is 2.00. The van der Waals surface area contributed by atoms with Gasteiger partial charge in [-0.2, -0.15) is 0 Å². The summed E-state index contributed by atoms with van der Waals surface area (Å²) in [6.45, 7) is 0. The second-order valence-electron chi connectivity index (χ2n) is 5.05. The summed E-state index contributed by atoms with van der Waals surface area (Å²) < 4.78 is 21.6. The predicted molar refractivity (Wildman–Crippen MR) is 87.1 cm³/mol. The Morgan fingerprint density at radius 2 is 2.23 bits per heavy atom. The molecule has 0 saturated heterocycles. The first-order valence-corrected chi connectivity index (χ1v) is 8.22. The van der Waals surface area contributed by atoms with Crippen LogP contribution in [0.2, 0.25) is 5.02 Å². The summed E-state index contributed by atoms with van der Waals surface area (Å²) in [5.74, 6) is 2.13. The molecular formula is C16H12ClFN2OS. The van der Waals surface area contributed by atoms with Gasteiger partial charge in [-0.05, 0) is 24.3 Å². The lowest BCUT2D eigenvalue weighted by Crippen LogP contribution is -2.06. The maximum atomic E-state index is 14.3. The normalized spacial score (nSPS) is 17.0. The highest BCUT2D eigenvalue weighted by molar-refractivity contribution is 7.99. The van der Waals surface area contributed by atoms with Crippen molar-refractivity contribution in [2.75, 3.05) is 7.11 Å². The Labute approximate surface area is 136 Å². The van der Waals surface area contributed by atoms with Gasteiger partial charge in [0.25, 0.3) is 0 Å². The van der Waals surface area contributed by atoms with Gasteiger partial charge in [0, 0.05) is 16.7 Å². The minimum atomic E-state index is -0.284. The highest BCUT2D eigenvalue weighted by Gasteiger charge is 2.31. The lowest BCUT2D eigenvalue weighted by Gasteiger charge is -2.16. The van der Waals surface area contributed by atoms with E-state index in [-0.39, 0.29) is 11.2 Å². The van der Waals surface area contributed by atoms with Crippen LogP contribution in [0.4, 0.5) is 4.39 Å². The Morgan fingerprint density at radius 1 is 1.36 bits per heavy atom. The molecule has 0 fully saturated rings. The monoisotopic (exact) mass is 334 g/mol. The smallest absolute Gasteiger partial charge is 0.130 e. The summed E-state index contributed by atoms with van der Waals surface area (Å²) in [5.41, 5.74) is 2.33. The van der Waals surface area contributed by atoms with Crippen molar-refractivity contribution in [1.82, 2.24) is 9.55 Å². The lowest BCUT2D eigenvalue weighted by atomic mass is 10.2. The molecule has 4 rings (SSSR count).